The van der Waals surface area contributed by atoms with Crippen molar-refractivity contribution in [2.24, 2.45) is 11.7 Å². The van der Waals surface area contributed by atoms with Gasteiger partial charge in [-0.25, -0.2) is 4.79 Å². The van der Waals surface area contributed by atoms with Crippen LogP contribution < -0.4 is 21.7 Å². The summed E-state index contributed by atoms with van der Waals surface area (Å²) in [7, 11) is 0. The minimum absolute atomic E-state index is 0.0119. The number of carboxylic acid groups (broad SMARTS) is 1. The minimum Gasteiger partial charge on any atom is -0.508 e. The number of aliphatic hydroxyl groups is 1. The fraction of sp³-hybridized carbons (Fsp3) is 0.379. The lowest BCUT2D eigenvalue weighted by Crippen LogP contribution is -2.59. The molecule has 0 radical (unpaired) electrons. The second-order valence-corrected chi connectivity index (χ2v) is 10.1. The topological polar surface area (TPSA) is 207 Å². The second-order valence-electron chi connectivity index (χ2n) is 10.1. The summed E-state index contributed by atoms with van der Waals surface area (Å²) in [6.07, 6.45) is 2.24. The SMILES string of the molecule is CCC(C)C(NC(=O)C(Cc1c[nH]c2ccccc12)NC(=O)C(Cc1ccc(O)cc1)NC(=O)C(N)CO)C(=O)O. The Labute approximate surface area is 237 Å². The van der Waals surface area contributed by atoms with Crippen molar-refractivity contribution in [1.29, 1.82) is 0 Å². The molecule has 1 heterocycles. The predicted octanol–water partition coefficient (Wildman–Crippen LogP) is 0.563. The van der Waals surface area contributed by atoms with Gasteiger partial charge in [0.25, 0.3) is 0 Å². The molecule has 9 N–H and O–H groups in total. The monoisotopic (exact) mass is 567 g/mol. The molecule has 12 heteroatoms. The van der Waals surface area contributed by atoms with Crippen LogP contribution in [0, 0.1) is 5.92 Å². The normalized spacial score (nSPS) is 14.8. The first-order valence-corrected chi connectivity index (χ1v) is 13.4. The number of aliphatic hydroxyl groups excluding tert-OH is 1. The van der Waals surface area contributed by atoms with E-state index in [-0.39, 0.29) is 24.5 Å². The minimum atomic E-state index is -1.28. The van der Waals surface area contributed by atoms with Crippen LogP contribution in [0.4, 0.5) is 0 Å². The van der Waals surface area contributed by atoms with Crippen LogP contribution in [-0.4, -0.2) is 74.8 Å². The molecule has 1 aromatic heterocycles. The number of amides is 3. The molecule has 0 aliphatic rings. The van der Waals surface area contributed by atoms with Crippen LogP contribution in [0.15, 0.2) is 54.7 Å². The zero-order valence-corrected chi connectivity index (χ0v) is 23.0. The maximum absolute atomic E-state index is 13.6. The third-order valence-corrected chi connectivity index (χ3v) is 7.05. The molecule has 0 aliphatic carbocycles. The lowest BCUT2D eigenvalue weighted by molar-refractivity contribution is -0.143. The highest BCUT2D eigenvalue weighted by atomic mass is 16.4. The van der Waals surface area contributed by atoms with Crippen LogP contribution in [0.3, 0.4) is 0 Å². The summed E-state index contributed by atoms with van der Waals surface area (Å²) in [5.74, 6) is -3.73. The Hall–Kier alpha value is -4.42. The van der Waals surface area contributed by atoms with E-state index >= 15 is 0 Å². The number of para-hydroxylation sites is 1. The van der Waals surface area contributed by atoms with Crippen LogP contribution in [0.1, 0.15) is 31.4 Å². The number of H-pyrrole nitrogens is 1. The number of aromatic hydroxyl groups is 1. The lowest BCUT2D eigenvalue weighted by Gasteiger charge is -2.26. The summed E-state index contributed by atoms with van der Waals surface area (Å²) in [6.45, 7) is 2.88. The van der Waals surface area contributed by atoms with Crippen LogP contribution >= 0.6 is 0 Å². The number of fused-ring (bicyclic) bond motifs is 1. The molecule has 3 rings (SSSR count). The van der Waals surface area contributed by atoms with E-state index < -0.39 is 54.5 Å². The third-order valence-electron chi connectivity index (χ3n) is 7.05. The van der Waals surface area contributed by atoms with Gasteiger partial charge in [-0.3, -0.25) is 14.4 Å². The summed E-state index contributed by atoms with van der Waals surface area (Å²) < 4.78 is 0. The number of carbonyl (C=O) groups is 4. The van der Waals surface area contributed by atoms with Gasteiger partial charge in [-0.2, -0.15) is 0 Å². The molecule has 5 unspecified atom stereocenters. The summed E-state index contributed by atoms with van der Waals surface area (Å²) in [5.41, 5.74) is 7.79. The van der Waals surface area contributed by atoms with Gasteiger partial charge in [0.1, 0.15) is 29.9 Å². The maximum Gasteiger partial charge on any atom is 0.326 e. The van der Waals surface area contributed by atoms with E-state index in [0.29, 0.717) is 12.0 Å². The highest BCUT2D eigenvalue weighted by Crippen LogP contribution is 2.20. The number of phenolic OH excluding ortho intramolecular Hbond substituents is 1. The van der Waals surface area contributed by atoms with Gasteiger partial charge in [-0.1, -0.05) is 50.6 Å². The van der Waals surface area contributed by atoms with Crippen molar-refractivity contribution < 1.29 is 34.5 Å². The molecule has 0 fully saturated rings. The standard InChI is InChI=1S/C29H37N5O7/c1-3-16(2)25(29(40)41)34-28(39)24(13-18-14-31-22-7-5-4-6-20(18)22)33-27(38)23(32-26(37)21(30)15-35)12-17-8-10-19(36)11-9-17/h4-11,14,16,21,23-25,31,35-36H,3,12-13,15,30H2,1-2H3,(H,32,37)(H,33,38)(H,34,39)(H,40,41). The van der Waals surface area contributed by atoms with Gasteiger partial charge < -0.3 is 42.0 Å². The Kier molecular flexibility index (Phi) is 10.8. The van der Waals surface area contributed by atoms with Gasteiger partial charge in [0.05, 0.1) is 6.61 Å². The zero-order chi connectivity index (χ0) is 30.1. The first-order chi connectivity index (χ1) is 19.5. The first-order valence-electron chi connectivity index (χ1n) is 13.4. The summed E-state index contributed by atoms with van der Waals surface area (Å²) in [4.78, 5) is 54.7. The molecular formula is C29H37N5O7. The molecular weight excluding hydrogens is 530 g/mol. The largest absolute Gasteiger partial charge is 0.508 e. The Morgan fingerprint density at radius 3 is 2.15 bits per heavy atom. The Bertz CT molecular complexity index is 1360. The van der Waals surface area contributed by atoms with Crippen molar-refractivity contribution >= 4 is 34.6 Å². The van der Waals surface area contributed by atoms with Crippen molar-refractivity contribution in [2.75, 3.05) is 6.61 Å². The number of rotatable bonds is 14. The number of nitrogens with two attached hydrogens (primary N) is 1. The highest BCUT2D eigenvalue weighted by molar-refractivity contribution is 5.95. The summed E-state index contributed by atoms with van der Waals surface area (Å²) in [6, 6.07) is 8.58. The van der Waals surface area contributed by atoms with Gasteiger partial charge in [0.15, 0.2) is 0 Å². The zero-order valence-electron chi connectivity index (χ0n) is 23.0. The van der Waals surface area contributed by atoms with E-state index in [1.807, 2.05) is 31.2 Å². The van der Waals surface area contributed by atoms with Gasteiger partial charge in [-0.15, -0.1) is 0 Å². The molecule has 220 valence electrons. The van der Waals surface area contributed by atoms with Crippen molar-refractivity contribution in [1.82, 2.24) is 20.9 Å². The number of aliphatic carboxylic acids is 1. The third kappa shape index (κ3) is 8.29. The molecule has 41 heavy (non-hydrogen) atoms. The van der Waals surface area contributed by atoms with E-state index in [4.69, 9.17) is 5.73 Å². The summed E-state index contributed by atoms with van der Waals surface area (Å²) >= 11 is 0. The van der Waals surface area contributed by atoms with Crippen molar-refractivity contribution in [2.45, 2.75) is 57.3 Å². The first kappa shape index (κ1) is 31.1. The fourth-order valence-corrected chi connectivity index (χ4v) is 4.38. The molecule has 5 atom stereocenters. The van der Waals surface area contributed by atoms with Gasteiger partial charge in [-0.05, 0) is 35.2 Å². The maximum atomic E-state index is 13.6. The number of hydrogen-bond acceptors (Lipinski definition) is 7. The van der Waals surface area contributed by atoms with Gasteiger partial charge in [0, 0.05) is 29.9 Å². The molecule has 2 aromatic carbocycles. The molecule has 0 aliphatic heterocycles. The van der Waals surface area contributed by atoms with Gasteiger partial charge in [0.2, 0.25) is 17.7 Å². The Morgan fingerprint density at radius 2 is 1.51 bits per heavy atom. The number of aromatic amines is 1. The molecule has 0 bridgehead atoms. The van der Waals surface area contributed by atoms with E-state index in [9.17, 15) is 34.5 Å². The molecule has 0 saturated heterocycles. The van der Waals surface area contributed by atoms with Crippen LogP contribution in [0.5, 0.6) is 5.75 Å². The number of aromatic nitrogens is 1. The smallest absolute Gasteiger partial charge is 0.326 e. The average Bonchev–Trinajstić information content (AvgIpc) is 3.37. The fourth-order valence-electron chi connectivity index (χ4n) is 4.38. The molecule has 0 spiro atoms. The predicted molar refractivity (Wildman–Crippen MR) is 152 cm³/mol. The lowest BCUT2D eigenvalue weighted by atomic mass is 9.97. The molecule has 3 amide bonds. The van der Waals surface area contributed by atoms with Crippen LogP contribution in [0.25, 0.3) is 10.9 Å². The number of phenols is 1. The van der Waals surface area contributed by atoms with E-state index in [1.165, 1.54) is 12.1 Å². The van der Waals surface area contributed by atoms with E-state index in [2.05, 4.69) is 20.9 Å². The Morgan fingerprint density at radius 1 is 0.902 bits per heavy atom. The number of carboxylic acids is 1. The van der Waals surface area contributed by atoms with E-state index in [1.54, 1.807) is 25.3 Å². The van der Waals surface area contributed by atoms with Crippen molar-refractivity contribution in [3.05, 3.63) is 65.9 Å². The van der Waals surface area contributed by atoms with Crippen LogP contribution in [-0.2, 0) is 32.0 Å². The van der Waals surface area contributed by atoms with Crippen molar-refractivity contribution in [3.63, 3.8) is 0 Å². The van der Waals surface area contributed by atoms with Crippen molar-refractivity contribution in [3.8, 4) is 5.75 Å². The Balaban J connectivity index is 1.92. The molecule has 3 aromatic rings. The average molecular weight is 568 g/mol. The van der Waals surface area contributed by atoms with Gasteiger partial charge >= 0.3 is 5.97 Å². The number of nitrogens with one attached hydrogen (secondary N) is 4. The number of benzene rings is 2. The van der Waals surface area contributed by atoms with E-state index in [0.717, 1.165) is 16.5 Å². The second kappa shape index (κ2) is 14.3. The highest BCUT2D eigenvalue weighted by Gasteiger charge is 2.32. The quantitative estimate of drug-likeness (QED) is 0.138. The summed E-state index contributed by atoms with van der Waals surface area (Å²) in [5, 5.41) is 37.2. The molecule has 0 saturated carbocycles. The number of carbonyl (C=O) groups excluding carboxylic acids is 3. The number of hydrogen-bond donors (Lipinski definition) is 8. The molecule has 12 nitrogen and oxygen atoms in total. The van der Waals surface area contributed by atoms with Crippen LogP contribution in [0.2, 0.25) is 0 Å².